The van der Waals surface area contributed by atoms with Crippen LogP contribution in [0.25, 0.3) is 10.9 Å². The molecule has 0 bridgehead atoms. The zero-order valence-corrected chi connectivity index (χ0v) is 22.4. The Morgan fingerprint density at radius 3 is 2.03 bits per heavy atom. The van der Waals surface area contributed by atoms with Crippen LogP contribution in [0.2, 0.25) is 13.3 Å². The number of rotatable bonds is 12. The van der Waals surface area contributed by atoms with Crippen molar-refractivity contribution in [2.75, 3.05) is 0 Å². The third kappa shape index (κ3) is 5.18. The molecule has 5 heteroatoms. The summed E-state index contributed by atoms with van der Waals surface area (Å²) in [5.74, 6) is 0. The van der Waals surface area contributed by atoms with E-state index in [0.717, 1.165) is 10.4 Å². The Kier molecular flexibility index (Phi) is 8.99. The van der Waals surface area contributed by atoms with Gasteiger partial charge in [0.2, 0.25) is 0 Å². The van der Waals surface area contributed by atoms with Crippen molar-refractivity contribution in [3.63, 3.8) is 0 Å². The average molecular weight is 531 g/mol. The van der Waals surface area contributed by atoms with Gasteiger partial charge in [-0.3, -0.25) is 0 Å². The van der Waals surface area contributed by atoms with Gasteiger partial charge in [0.05, 0.1) is 0 Å². The van der Waals surface area contributed by atoms with E-state index >= 15 is 0 Å². The van der Waals surface area contributed by atoms with Crippen LogP contribution in [0.15, 0.2) is 59.9 Å². The Labute approximate surface area is 188 Å². The SMILES string of the molecule is CCC[CH2][Sn]([CH2]CCC)([CH2]CCC)[c]1cncc2c1ccn2S(=O)c1ccccc1. The number of aromatic nitrogens is 2. The second-order valence-electron chi connectivity index (χ2n) is 8.41. The number of pyridine rings is 1. The zero-order valence-electron chi connectivity index (χ0n) is 18.8. The first-order valence-electron chi connectivity index (χ1n) is 11.6. The van der Waals surface area contributed by atoms with Gasteiger partial charge in [-0.05, 0) is 0 Å². The average Bonchev–Trinajstić information content (AvgIpc) is 3.23. The molecule has 0 saturated carbocycles. The third-order valence-electron chi connectivity index (χ3n) is 6.30. The van der Waals surface area contributed by atoms with Crippen LogP contribution in [0.5, 0.6) is 0 Å². The molecule has 3 aromatic rings. The van der Waals surface area contributed by atoms with Crippen LogP contribution in [0.4, 0.5) is 0 Å². The molecule has 0 spiro atoms. The molecule has 2 heterocycles. The molecule has 1 unspecified atom stereocenters. The van der Waals surface area contributed by atoms with Crippen LogP contribution in [0.3, 0.4) is 0 Å². The molecule has 2 aromatic heterocycles. The van der Waals surface area contributed by atoms with Gasteiger partial charge in [0.25, 0.3) is 0 Å². The molecule has 0 amide bonds. The minimum atomic E-state index is -2.61. The molecule has 1 atom stereocenters. The molecule has 3 nitrogen and oxygen atoms in total. The van der Waals surface area contributed by atoms with E-state index in [-0.39, 0.29) is 0 Å². The van der Waals surface area contributed by atoms with E-state index in [9.17, 15) is 4.21 Å². The molecule has 0 radical (unpaired) electrons. The third-order valence-corrected chi connectivity index (χ3v) is 23.3. The van der Waals surface area contributed by atoms with E-state index in [1.807, 2.05) is 46.7 Å². The van der Waals surface area contributed by atoms with Crippen molar-refractivity contribution in [1.82, 2.24) is 8.96 Å². The molecule has 30 heavy (non-hydrogen) atoms. The quantitative estimate of drug-likeness (QED) is 0.245. The van der Waals surface area contributed by atoms with Crippen molar-refractivity contribution in [2.24, 2.45) is 0 Å². The number of unbranched alkanes of at least 4 members (excludes halogenated alkanes) is 3. The Morgan fingerprint density at radius 1 is 0.867 bits per heavy atom. The number of benzene rings is 1. The molecule has 1 aromatic carbocycles. The van der Waals surface area contributed by atoms with E-state index in [2.05, 4.69) is 33.0 Å². The van der Waals surface area contributed by atoms with Crippen LogP contribution in [-0.4, -0.2) is 31.5 Å². The molecular weight excluding hydrogens is 495 g/mol. The van der Waals surface area contributed by atoms with E-state index in [1.54, 1.807) is 3.58 Å². The minimum absolute atomic E-state index is 0.832. The summed E-state index contributed by atoms with van der Waals surface area (Å²) in [5.41, 5.74) is 1.03. The summed E-state index contributed by atoms with van der Waals surface area (Å²) in [4.78, 5) is 5.54. The van der Waals surface area contributed by atoms with E-state index < -0.39 is 29.4 Å². The summed E-state index contributed by atoms with van der Waals surface area (Å²) in [7, 11) is -1.24. The van der Waals surface area contributed by atoms with Crippen molar-refractivity contribution in [3.05, 3.63) is 55.0 Å². The van der Waals surface area contributed by atoms with Crippen LogP contribution < -0.4 is 3.58 Å². The zero-order chi connectivity index (χ0) is 21.4. The maximum absolute atomic E-state index is 13.3. The topological polar surface area (TPSA) is 34.9 Å². The molecule has 0 aliphatic rings. The molecule has 0 saturated heterocycles. The Balaban J connectivity index is 2.09. The van der Waals surface area contributed by atoms with Gasteiger partial charge in [0.1, 0.15) is 0 Å². The Hall–Kier alpha value is -1.14. The van der Waals surface area contributed by atoms with Gasteiger partial charge in [-0.25, -0.2) is 0 Å². The van der Waals surface area contributed by atoms with Crippen LogP contribution in [0.1, 0.15) is 59.3 Å². The molecule has 162 valence electrons. The van der Waals surface area contributed by atoms with Crippen molar-refractivity contribution >= 4 is 43.8 Å². The summed E-state index contributed by atoms with van der Waals surface area (Å²) in [6.07, 6.45) is 13.9. The van der Waals surface area contributed by atoms with Crippen LogP contribution >= 0.6 is 0 Å². The van der Waals surface area contributed by atoms with Crippen LogP contribution in [-0.2, 0) is 11.0 Å². The number of fused-ring (bicyclic) bond motifs is 1. The summed E-state index contributed by atoms with van der Waals surface area (Å²) in [6.45, 7) is 6.94. The molecule has 0 fully saturated rings. The number of nitrogens with zero attached hydrogens (tertiary/aromatic N) is 2. The number of hydrogen-bond donors (Lipinski definition) is 0. The fourth-order valence-corrected chi connectivity index (χ4v) is 22.2. The second kappa shape index (κ2) is 11.5. The first kappa shape index (κ1) is 23.5. The standard InChI is InChI=1S/C13H9N2OS.3C4H9.Sn/c16-17(12-4-2-1-3-5-12)15-9-7-11-6-8-14-10-13(11)15;3*1-3-4-2;/h1-5,7-10H;3*1,3-4H2,2H3;. The summed E-state index contributed by atoms with van der Waals surface area (Å²) in [5, 5.41) is 1.31. The summed E-state index contributed by atoms with van der Waals surface area (Å²) >= 11 is -2.61. The van der Waals surface area contributed by atoms with Crippen molar-refractivity contribution in [1.29, 1.82) is 0 Å². The maximum atomic E-state index is 13.3. The van der Waals surface area contributed by atoms with E-state index in [4.69, 9.17) is 4.98 Å². The van der Waals surface area contributed by atoms with Gasteiger partial charge >= 0.3 is 190 Å². The fourth-order valence-electron chi connectivity index (χ4n) is 4.57. The van der Waals surface area contributed by atoms with E-state index in [1.165, 1.54) is 57.2 Å². The van der Waals surface area contributed by atoms with Crippen molar-refractivity contribution < 1.29 is 4.21 Å². The van der Waals surface area contributed by atoms with Gasteiger partial charge in [-0.15, -0.1) is 0 Å². The summed E-state index contributed by atoms with van der Waals surface area (Å²) < 4.78 is 21.0. The first-order chi connectivity index (χ1) is 14.7. The van der Waals surface area contributed by atoms with Crippen LogP contribution in [0, 0.1) is 0 Å². The van der Waals surface area contributed by atoms with Gasteiger partial charge in [0, 0.05) is 0 Å². The van der Waals surface area contributed by atoms with Crippen molar-refractivity contribution in [2.45, 2.75) is 77.5 Å². The molecule has 3 rings (SSSR count). The van der Waals surface area contributed by atoms with Crippen molar-refractivity contribution in [3.8, 4) is 0 Å². The van der Waals surface area contributed by atoms with Gasteiger partial charge in [0.15, 0.2) is 0 Å². The predicted molar refractivity (Wildman–Crippen MR) is 133 cm³/mol. The molecular formula is C25H36N2OSSn. The summed E-state index contributed by atoms with van der Waals surface area (Å²) in [6, 6.07) is 11.9. The monoisotopic (exact) mass is 532 g/mol. The number of hydrogen-bond acceptors (Lipinski definition) is 2. The molecule has 0 N–H and O–H groups in total. The Bertz CT molecular complexity index is 932. The fraction of sp³-hybridized carbons (Fsp3) is 0.480. The Morgan fingerprint density at radius 2 is 1.47 bits per heavy atom. The van der Waals surface area contributed by atoms with E-state index in [0.29, 0.717) is 0 Å². The van der Waals surface area contributed by atoms with Gasteiger partial charge in [-0.2, -0.15) is 0 Å². The first-order valence-corrected chi connectivity index (χ1v) is 20.2. The predicted octanol–water partition coefficient (Wildman–Crippen LogP) is 6.66. The molecule has 0 aliphatic heterocycles. The van der Waals surface area contributed by atoms with Gasteiger partial charge < -0.3 is 0 Å². The molecule has 0 aliphatic carbocycles. The second-order valence-corrected chi connectivity index (χ2v) is 22.9. The van der Waals surface area contributed by atoms with Gasteiger partial charge in [-0.1, -0.05) is 0 Å². The normalized spacial score (nSPS) is 13.0.